The Bertz CT molecular complexity index is 1110. The van der Waals surface area contributed by atoms with Gasteiger partial charge in [0.1, 0.15) is 5.75 Å². The molecule has 3 heterocycles. The van der Waals surface area contributed by atoms with Crippen LogP contribution in [0.25, 0.3) is 10.9 Å². The fraction of sp³-hybridized carbons (Fsp3) is 0.630. The molecule has 1 spiro atoms. The minimum atomic E-state index is -0.361. The van der Waals surface area contributed by atoms with Gasteiger partial charge in [-0.25, -0.2) is 0 Å². The maximum absolute atomic E-state index is 13.4. The van der Waals surface area contributed by atoms with Gasteiger partial charge in [0.25, 0.3) is 0 Å². The van der Waals surface area contributed by atoms with E-state index in [4.69, 9.17) is 4.74 Å². The number of aliphatic hydroxyl groups excluding tert-OH is 1. The summed E-state index contributed by atoms with van der Waals surface area (Å²) in [4.78, 5) is 33.7. The first kappa shape index (κ1) is 22.0. The largest absolute Gasteiger partial charge is 0.497 e. The summed E-state index contributed by atoms with van der Waals surface area (Å²) in [7, 11) is 1.66. The van der Waals surface area contributed by atoms with Crippen LogP contribution >= 0.6 is 0 Å². The Morgan fingerprint density at radius 1 is 1.09 bits per heavy atom. The number of hydrogen-bond acceptors (Lipinski definition) is 4. The number of aromatic amines is 1. The van der Waals surface area contributed by atoms with Crippen LogP contribution in [0.15, 0.2) is 18.2 Å². The lowest BCUT2D eigenvalue weighted by Gasteiger charge is -2.50. The van der Waals surface area contributed by atoms with Crippen LogP contribution in [0.2, 0.25) is 0 Å². The average Bonchev–Trinajstić information content (AvgIpc) is 3.78. The molecule has 7 nitrogen and oxygen atoms in total. The number of carbonyl (C=O) groups excluding carboxylic acids is 2. The first-order valence-corrected chi connectivity index (χ1v) is 12.9. The zero-order valence-electron chi connectivity index (χ0n) is 20.0. The van der Waals surface area contributed by atoms with E-state index in [0.717, 1.165) is 61.1 Å². The van der Waals surface area contributed by atoms with Crippen molar-refractivity contribution in [3.8, 4) is 5.75 Å². The van der Waals surface area contributed by atoms with Gasteiger partial charge in [0.15, 0.2) is 0 Å². The van der Waals surface area contributed by atoms with E-state index in [9.17, 15) is 14.7 Å². The van der Waals surface area contributed by atoms with Gasteiger partial charge >= 0.3 is 0 Å². The number of hydrogen-bond donors (Lipinski definition) is 2. The topological polar surface area (TPSA) is 85.9 Å². The highest BCUT2D eigenvalue weighted by atomic mass is 16.5. The molecule has 34 heavy (non-hydrogen) atoms. The molecule has 2 aromatic rings. The molecule has 1 aromatic carbocycles. The van der Waals surface area contributed by atoms with Crippen LogP contribution in [-0.4, -0.2) is 65.1 Å². The lowest BCUT2D eigenvalue weighted by Crippen LogP contribution is -2.56. The monoisotopic (exact) mass is 465 g/mol. The van der Waals surface area contributed by atoms with Crippen LogP contribution in [0.5, 0.6) is 5.75 Å². The lowest BCUT2D eigenvalue weighted by atomic mass is 9.68. The molecule has 1 saturated heterocycles. The summed E-state index contributed by atoms with van der Waals surface area (Å²) in [6.07, 6.45) is 7.56. The molecule has 2 amide bonds. The smallest absolute Gasteiger partial charge is 0.223 e. The molecule has 182 valence electrons. The van der Waals surface area contributed by atoms with Crippen molar-refractivity contribution in [1.29, 1.82) is 0 Å². The average molecular weight is 466 g/mol. The molecular weight excluding hydrogens is 430 g/mol. The fourth-order valence-electron chi connectivity index (χ4n) is 6.25. The number of likely N-dealkylation sites (tertiary alicyclic amines) is 1. The Morgan fingerprint density at radius 3 is 2.38 bits per heavy atom. The Labute approximate surface area is 200 Å². The van der Waals surface area contributed by atoms with E-state index in [1.807, 2.05) is 21.9 Å². The highest BCUT2D eigenvalue weighted by Gasteiger charge is 2.49. The second kappa shape index (κ2) is 8.29. The molecule has 2 saturated carbocycles. The maximum atomic E-state index is 13.4. The van der Waals surface area contributed by atoms with Crippen molar-refractivity contribution in [3.05, 3.63) is 29.5 Å². The number of H-pyrrole nitrogens is 1. The molecule has 6 rings (SSSR count). The first-order valence-electron chi connectivity index (χ1n) is 12.9. The number of rotatable bonds is 6. The zero-order valence-corrected chi connectivity index (χ0v) is 20.0. The van der Waals surface area contributed by atoms with Gasteiger partial charge in [-0.3, -0.25) is 9.59 Å². The summed E-state index contributed by atoms with van der Waals surface area (Å²) in [5.74, 6) is 2.30. The summed E-state index contributed by atoms with van der Waals surface area (Å²) >= 11 is 0. The fourth-order valence-corrected chi connectivity index (χ4v) is 6.25. The number of nitrogens with one attached hydrogen (secondary N) is 1. The molecule has 7 heteroatoms. The number of fused-ring (bicyclic) bond motifs is 4. The molecule has 0 radical (unpaired) electrons. The first-order chi connectivity index (χ1) is 16.5. The second-order valence-electron chi connectivity index (χ2n) is 11.0. The minimum Gasteiger partial charge on any atom is -0.497 e. The number of nitrogens with zero attached hydrogens (tertiary/aromatic N) is 2. The van der Waals surface area contributed by atoms with Gasteiger partial charge in [-0.1, -0.05) is 0 Å². The van der Waals surface area contributed by atoms with Gasteiger partial charge in [-0.05, 0) is 68.1 Å². The molecular formula is C27H35N3O4. The number of carbonyl (C=O) groups is 2. The number of ether oxygens (including phenoxy) is 1. The van der Waals surface area contributed by atoms with Crippen LogP contribution in [0.1, 0.15) is 68.7 Å². The van der Waals surface area contributed by atoms with E-state index in [1.54, 1.807) is 7.11 Å². The van der Waals surface area contributed by atoms with Gasteiger partial charge in [-0.2, -0.15) is 0 Å². The summed E-state index contributed by atoms with van der Waals surface area (Å²) < 4.78 is 5.45. The molecule has 1 atom stereocenters. The summed E-state index contributed by atoms with van der Waals surface area (Å²) in [5, 5.41) is 11.6. The summed E-state index contributed by atoms with van der Waals surface area (Å²) in [6, 6.07) is 5.73. The Hall–Kier alpha value is -2.54. The van der Waals surface area contributed by atoms with Crippen molar-refractivity contribution in [2.45, 2.75) is 62.8 Å². The predicted molar refractivity (Wildman–Crippen MR) is 129 cm³/mol. The lowest BCUT2D eigenvalue weighted by molar-refractivity contribution is -0.139. The zero-order chi connectivity index (χ0) is 23.4. The third-order valence-corrected chi connectivity index (χ3v) is 8.63. The quantitative estimate of drug-likeness (QED) is 0.684. The Kier molecular flexibility index (Phi) is 5.36. The molecule has 2 N–H and O–H groups in total. The molecule has 3 fully saturated rings. The molecule has 0 bridgehead atoms. The maximum Gasteiger partial charge on any atom is 0.223 e. The second-order valence-corrected chi connectivity index (χ2v) is 11.0. The Balaban J connectivity index is 1.37. The number of aliphatic hydroxyl groups is 1. The molecule has 2 aliphatic carbocycles. The SMILES string of the molecule is COc1ccc2c3c([nH]c2c1)[C@H](CO)N(C(=O)CC1CC1)CC31CCN(C(=O)CC2CC2)CC1. The number of benzene rings is 1. The van der Waals surface area contributed by atoms with Crippen LogP contribution in [-0.2, 0) is 15.0 Å². The predicted octanol–water partition coefficient (Wildman–Crippen LogP) is 3.51. The van der Waals surface area contributed by atoms with Gasteiger partial charge < -0.3 is 24.6 Å². The number of methoxy groups -OCH3 is 1. The van der Waals surface area contributed by atoms with Crippen molar-refractivity contribution in [1.82, 2.24) is 14.8 Å². The highest BCUT2D eigenvalue weighted by molar-refractivity contribution is 5.89. The van der Waals surface area contributed by atoms with Gasteiger partial charge in [0.2, 0.25) is 11.8 Å². The van der Waals surface area contributed by atoms with Crippen molar-refractivity contribution < 1.29 is 19.4 Å². The minimum absolute atomic E-state index is 0.102. The van der Waals surface area contributed by atoms with Crippen LogP contribution in [0.3, 0.4) is 0 Å². The van der Waals surface area contributed by atoms with Crippen LogP contribution in [0.4, 0.5) is 0 Å². The molecule has 0 unspecified atom stereocenters. The molecule has 1 aromatic heterocycles. The third-order valence-electron chi connectivity index (χ3n) is 8.63. The van der Waals surface area contributed by atoms with Crippen LogP contribution < -0.4 is 4.74 Å². The van der Waals surface area contributed by atoms with E-state index in [-0.39, 0.29) is 29.9 Å². The molecule has 4 aliphatic rings. The van der Waals surface area contributed by atoms with Gasteiger partial charge in [0.05, 0.1) is 19.8 Å². The summed E-state index contributed by atoms with van der Waals surface area (Å²) in [5.41, 5.74) is 2.95. The Morgan fingerprint density at radius 2 is 1.76 bits per heavy atom. The number of amides is 2. The highest BCUT2D eigenvalue weighted by Crippen LogP contribution is 2.50. The number of aromatic nitrogens is 1. The van der Waals surface area contributed by atoms with Gasteiger partial charge in [0, 0.05) is 60.6 Å². The van der Waals surface area contributed by atoms with Crippen LogP contribution in [0, 0.1) is 11.8 Å². The number of piperidine rings is 1. The van der Waals surface area contributed by atoms with Crippen molar-refractivity contribution >= 4 is 22.7 Å². The van der Waals surface area contributed by atoms with Crippen molar-refractivity contribution in [2.24, 2.45) is 11.8 Å². The van der Waals surface area contributed by atoms with E-state index < -0.39 is 0 Å². The third kappa shape index (κ3) is 3.78. The van der Waals surface area contributed by atoms with Gasteiger partial charge in [-0.15, -0.1) is 0 Å². The standard InChI is InChI=1S/C27H35N3O4/c1-34-19-6-7-20-21(14-19)28-26-22(15-31)30(24(33)13-18-4-5-18)16-27(25(20)26)8-10-29(11-9-27)23(32)12-17-2-3-17/h6-7,14,17-18,22,28,31H,2-5,8-13,15-16H2,1H3/t22-/m0/s1. The van der Waals surface area contributed by atoms with E-state index >= 15 is 0 Å². The van der Waals surface area contributed by atoms with E-state index in [2.05, 4.69) is 11.1 Å². The van der Waals surface area contributed by atoms with E-state index in [0.29, 0.717) is 31.2 Å². The molecule has 2 aliphatic heterocycles. The van der Waals surface area contributed by atoms with Crippen molar-refractivity contribution in [3.63, 3.8) is 0 Å². The van der Waals surface area contributed by atoms with Crippen molar-refractivity contribution in [2.75, 3.05) is 33.4 Å². The normalized spacial score (nSPS) is 23.9. The van der Waals surface area contributed by atoms with E-state index in [1.165, 1.54) is 18.4 Å². The summed E-state index contributed by atoms with van der Waals surface area (Å²) in [6.45, 7) is 1.96.